The lowest BCUT2D eigenvalue weighted by atomic mass is 9.93. The zero-order chi connectivity index (χ0) is 11.3. The van der Waals surface area contributed by atoms with Crippen LogP contribution in [0.1, 0.15) is 18.1 Å². The molecule has 0 heterocycles. The minimum absolute atomic E-state index is 0.0192. The van der Waals surface area contributed by atoms with Gasteiger partial charge in [0, 0.05) is 6.42 Å². The first-order chi connectivity index (χ1) is 7.16. The number of carboxylic acids is 1. The van der Waals surface area contributed by atoms with E-state index in [9.17, 15) is 9.90 Å². The summed E-state index contributed by atoms with van der Waals surface area (Å²) in [7, 11) is 0. The van der Waals surface area contributed by atoms with E-state index in [4.69, 9.17) is 11.5 Å². The van der Waals surface area contributed by atoms with Crippen LogP contribution in [-0.4, -0.2) is 16.2 Å². The number of aliphatic hydroxyl groups is 1. The first-order valence-electron chi connectivity index (χ1n) is 4.56. The molecule has 0 radical (unpaired) electrons. The maximum Gasteiger partial charge on any atom is 0.310 e. The standard InChI is InChI=1S/C12H12O3/c1-2-6-10(12(14)15)11(13)9-7-4-3-5-8-9/h1,3-5,7-8,10-11,13H,6H2,(H,14,15)/t10-,11+/m1/s1. The van der Waals surface area contributed by atoms with E-state index in [-0.39, 0.29) is 6.42 Å². The van der Waals surface area contributed by atoms with Crippen molar-refractivity contribution in [2.24, 2.45) is 5.92 Å². The molecule has 0 aliphatic carbocycles. The molecule has 1 aromatic rings. The molecular weight excluding hydrogens is 192 g/mol. The molecule has 0 aliphatic rings. The Morgan fingerprint density at radius 2 is 2.00 bits per heavy atom. The minimum Gasteiger partial charge on any atom is -0.481 e. The molecule has 2 N–H and O–H groups in total. The normalized spacial score (nSPS) is 13.9. The summed E-state index contributed by atoms with van der Waals surface area (Å²) < 4.78 is 0. The Kier molecular flexibility index (Phi) is 3.90. The summed E-state index contributed by atoms with van der Waals surface area (Å²) in [6.07, 6.45) is 4.02. The molecule has 0 unspecified atom stereocenters. The Balaban J connectivity index is 2.86. The van der Waals surface area contributed by atoms with Crippen LogP contribution >= 0.6 is 0 Å². The number of rotatable bonds is 4. The second-order valence-corrected chi connectivity index (χ2v) is 3.21. The third-order valence-corrected chi connectivity index (χ3v) is 2.18. The molecule has 3 nitrogen and oxygen atoms in total. The van der Waals surface area contributed by atoms with Gasteiger partial charge in [0.1, 0.15) is 0 Å². The third kappa shape index (κ3) is 2.83. The van der Waals surface area contributed by atoms with Crippen molar-refractivity contribution in [3.8, 4) is 12.3 Å². The molecule has 0 aromatic heterocycles. The number of aliphatic carboxylic acids is 1. The van der Waals surface area contributed by atoms with E-state index in [1.165, 1.54) is 0 Å². The van der Waals surface area contributed by atoms with Gasteiger partial charge >= 0.3 is 5.97 Å². The fourth-order valence-electron chi connectivity index (χ4n) is 1.34. The van der Waals surface area contributed by atoms with E-state index in [1.54, 1.807) is 30.3 Å². The van der Waals surface area contributed by atoms with Gasteiger partial charge in [0.15, 0.2) is 0 Å². The Morgan fingerprint density at radius 3 is 2.47 bits per heavy atom. The summed E-state index contributed by atoms with van der Waals surface area (Å²) >= 11 is 0. The number of terminal acetylenes is 1. The highest BCUT2D eigenvalue weighted by Crippen LogP contribution is 2.24. The molecule has 0 aliphatic heterocycles. The maximum absolute atomic E-state index is 10.8. The van der Waals surface area contributed by atoms with Gasteiger partial charge in [-0.25, -0.2) is 0 Å². The third-order valence-electron chi connectivity index (χ3n) is 2.18. The van der Waals surface area contributed by atoms with Crippen molar-refractivity contribution in [1.82, 2.24) is 0 Å². The fraction of sp³-hybridized carbons (Fsp3) is 0.250. The van der Waals surface area contributed by atoms with Crippen molar-refractivity contribution >= 4 is 5.97 Å². The molecule has 0 bridgehead atoms. The largest absolute Gasteiger partial charge is 0.481 e. The van der Waals surface area contributed by atoms with Crippen LogP contribution in [0.4, 0.5) is 0 Å². The molecule has 0 amide bonds. The summed E-state index contributed by atoms with van der Waals surface area (Å²) in [5.74, 6) is 0.233. The maximum atomic E-state index is 10.8. The Morgan fingerprint density at radius 1 is 1.40 bits per heavy atom. The van der Waals surface area contributed by atoms with E-state index >= 15 is 0 Å². The molecule has 0 fully saturated rings. The number of aliphatic hydroxyl groups excluding tert-OH is 1. The molecule has 15 heavy (non-hydrogen) atoms. The summed E-state index contributed by atoms with van der Waals surface area (Å²) in [4.78, 5) is 10.8. The van der Waals surface area contributed by atoms with Gasteiger partial charge in [0.2, 0.25) is 0 Å². The van der Waals surface area contributed by atoms with Crippen LogP contribution in [0.25, 0.3) is 0 Å². The first-order valence-corrected chi connectivity index (χ1v) is 4.56. The Hall–Kier alpha value is -1.79. The van der Waals surface area contributed by atoms with Gasteiger partial charge in [-0.05, 0) is 5.56 Å². The van der Waals surface area contributed by atoms with Gasteiger partial charge in [0.05, 0.1) is 12.0 Å². The molecule has 1 rings (SSSR count). The zero-order valence-corrected chi connectivity index (χ0v) is 8.13. The monoisotopic (exact) mass is 204 g/mol. The Bertz CT molecular complexity index is 364. The predicted molar refractivity (Wildman–Crippen MR) is 56.0 cm³/mol. The molecule has 0 saturated heterocycles. The predicted octanol–water partition coefficient (Wildman–Crippen LogP) is 1.44. The number of hydrogen-bond donors (Lipinski definition) is 2. The lowest BCUT2D eigenvalue weighted by molar-refractivity contribution is -0.145. The van der Waals surface area contributed by atoms with Crippen molar-refractivity contribution in [2.75, 3.05) is 0 Å². The average Bonchev–Trinajstić information content (AvgIpc) is 2.26. The van der Waals surface area contributed by atoms with E-state index in [0.717, 1.165) is 0 Å². The van der Waals surface area contributed by atoms with Crippen molar-refractivity contribution < 1.29 is 15.0 Å². The van der Waals surface area contributed by atoms with Gasteiger partial charge in [-0.3, -0.25) is 4.79 Å². The molecule has 3 heteroatoms. The van der Waals surface area contributed by atoms with Crippen molar-refractivity contribution in [2.45, 2.75) is 12.5 Å². The van der Waals surface area contributed by atoms with Crippen molar-refractivity contribution in [3.63, 3.8) is 0 Å². The molecule has 2 atom stereocenters. The van der Waals surface area contributed by atoms with Crippen LogP contribution in [0.5, 0.6) is 0 Å². The van der Waals surface area contributed by atoms with Crippen LogP contribution in [0.15, 0.2) is 30.3 Å². The van der Waals surface area contributed by atoms with Crippen LogP contribution in [-0.2, 0) is 4.79 Å². The molecule has 1 aromatic carbocycles. The molecule has 0 spiro atoms. The second-order valence-electron chi connectivity index (χ2n) is 3.21. The average molecular weight is 204 g/mol. The summed E-state index contributed by atoms with van der Waals surface area (Å²) in [5.41, 5.74) is 0.570. The van der Waals surface area contributed by atoms with Crippen LogP contribution in [0.3, 0.4) is 0 Å². The van der Waals surface area contributed by atoms with Crippen LogP contribution in [0.2, 0.25) is 0 Å². The van der Waals surface area contributed by atoms with Crippen LogP contribution in [0, 0.1) is 18.3 Å². The first kappa shape index (κ1) is 11.3. The lowest BCUT2D eigenvalue weighted by Crippen LogP contribution is -2.21. The van der Waals surface area contributed by atoms with E-state index in [0.29, 0.717) is 5.56 Å². The second kappa shape index (κ2) is 5.18. The van der Waals surface area contributed by atoms with E-state index in [1.807, 2.05) is 0 Å². The van der Waals surface area contributed by atoms with Crippen molar-refractivity contribution in [3.05, 3.63) is 35.9 Å². The number of hydrogen-bond acceptors (Lipinski definition) is 2. The summed E-state index contributed by atoms with van der Waals surface area (Å²) in [6, 6.07) is 8.64. The molecule has 78 valence electrons. The van der Waals surface area contributed by atoms with E-state index in [2.05, 4.69) is 5.92 Å². The lowest BCUT2D eigenvalue weighted by Gasteiger charge is -2.17. The zero-order valence-electron chi connectivity index (χ0n) is 8.13. The number of carbonyl (C=O) groups is 1. The molecular formula is C12H12O3. The summed E-state index contributed by atoms with van der Waals surface area (Å²) in [5, 5.41) is 18.7. The highest BCUT2D eigenvalue weighted by atomic mass is 16.4. The number of carboxylic acid groups (broad SMARTS) is 1. The van der Waals surface area contributed by atoms with Gasteiger partial charge in [0.25, 0.3) is 0 Å². The quantitative estimate of drug-likeness (QED) is 0.730. The fourth-order valence-corrected chi connectivity index (χ4v) is 1.34. The minimum atomic E-state index is -1.08. The smallest absolute Gasteiger partial charge is 0.310 e. The van der Waals surface area contributed by atoms with E-state index < -0.39 is 18.0 Å². The highest BCUT2D eigenvalue weighted by molar-refractivity contribution is 5.71. The molecule has 0 saturated carbocycles. The highest BCUT2D eigenvalue weighted by Gasteiger charge is 2.26. The van der Waals surface area contributed by atoms with Gasteiger partial charge < -0.3 is 10.2 Å². The van der Waals surface area contributed by atoms with Gasteiger partial charge in [-0.1, -0.05) is 30.3 Å². The van der Waals surface area contributed by atoms with Gasteiger partial charge in [-0.15, -0.1) is 12.3 Å². The number of benzene rings is 1. The van der Waals surface area contributed by atoms with Crippen LogP contribution < -0.4 is 0 Å². The summed E-state index contributed by atoms with van der Waals surface area (Å²) in [6.45, 7) is 0. The SMILES string of the molecule is C#CC[C@@H](C(=O)O)[C@@H](O)c1ccccc1. The Labute approximate surface area is 88.4 Å². The van der Waals surface area contributed by atoms with Crippen molar-refractivity contribution in [1.29, 1.82) is 0 Å². The van der Waals surface area contributed by atoms with Gasteiger partial charge in [-0.2, -0.15) is 0 Å². The topological polar surface area (TPSA) is 57.5 Å².